The van der Waals surface area contributed by atoms with Crippen molar-refractivity contribution in [1.82, 2.24) is 29.9 Å². The molecule has 3 rings (SSSR count). The Labute approximate surface area is 124 Å². The molecule has 0 aliphatic carbocycles. The molecule has 0 saturated heterocycles. The molecule has 0 radical (unpaired) electrons. The van der Waals surface area contributed by atoms with Gasteiger partial charge >= 0.3 is 0 Å². The predicted molar refractivity (Wildman–Crippen MR) is 75.1 cm³/mol. The van der Waals surface area contributed by atoms with Gasteiger partial charge in [0.2, 0.25) is 11.8 Å². The van der Waals surface area contributed by atoms with E-state index in [0.29, 0.717) is 17.1 Å². The Morgan fingerprint density at radius 3 is 2.77 bits per heavy atom. The number of aromatic nitrogens is 6. The summed E-state index contributed by atoms with van der Waals surface area (Å²) in [6.07, 6.45) is 1.24. The van der Waals surface area contributed by atoms with Gasteiger partial charge in [-0.2, -0.15) is 20.0 Å². The van der Waals surface area contributed by atoms with Crippen LogP contribution in [0.3, 0.4) is 0 Å². The maximum absolute atomic E-state index is 12.0. The van der Waals surface area contributed by atoms with Gasteiger partial charge in [0.15, 0.2) is 0 Å². The fourth-order valence-electron chi connectivity index (χ4n) is 1.83. The second kappa shape index (κ2) is 5.45. The van der Waals surface area contributed by atoms with Crippen molar-refractivity contribution in [1.29, 1.82) is 5.26 Å². The van der Waals surface area contributed by atoms with E-state index in [1.807, 2.05) is 6.07 Å². The highest BCUT2D eigenvalue weighted by molar-refractivity contribution is 6.00. The van der Waals surface area contributed by atoms with Gasteiger partial charge in [0.25, 0.3) is 5.91 Å². The third-order valence-electron chi connectivity index (χ3n) is 2.81. The Hall–Kier alpha value is -3.54. The second-order valence-corrected chi connectivity index (χ2v) is 4.34. The molecular weight excluding hydrogens is 284 g/mol. The number of carbonyl (C=O) groups excluding carboxylic acids is 1. The normalized spacial score (nSPS) is 10.2. The summed E-state index contributed by atoms with van der Waals surface area (Å²) in [6, 6.07) is 8.80. The number of carbonyl (C=O) groups is 1. The van der Waals surface area contributed by atoms with E-state index < -0.39 is 5.91 Å². The number of aromatic amines is 1. The Bertz CT molecular complexity index is 841. The lowest BCUT2D eigenvalue weighted by atomic mass is 10.2. The highest BCUT2D eigenvalue weighted by Gasteiger charge is 2.15. The van der Waals surface area contributed by atoms with E-state index in [4.69, 9.17) is 5.26 Å². The zero-order valence-corrected chi connectivity index (χ0v) is 11.5. The van der Waals surface area contributed by atoms with E-state index in [1.54, 1.807) is 31.2 Å². The molecule has 1 amide bonds. The van der Waals surface area contributed by atoms with Crippen molar-refractivity contribution < 1.29 is 4.79 Å². The van der Waals surface area contributed by atoms with E-state index in [1.165, 1.54) is 11.0 Å². The minimum Gasteiger partial charge on any atom is -0.288 e. The van der Waals surface area contributed by atoms with E-state index in [2.05, 4.69) is 30.6 Å². The van der Waals surface area contributed by atoms with Gasteiger partial charge in [-0.1, -0.05) is 0 Å². The molecule has 0 saturated carbocycles. The summed E-state index contributed by atoms with van der Waals surface area (Å²) in [6.45, 7) is 1.71. The third-order valence-corrected chi connectivity index (χ3v) is 2.81. The summed E-state index contributed by atoms with van der Waals surface area (Å²) in [5.41, 5.74) is 1.21. The van der Waals surface area contributed by atoms with Gasteiger partial charge in [-0.15, -0.1) is 5.10 Å². The Kier molecular flexibility index (Phi) is 3.33. The first-order valence-electron chi connectivity index (χ1n) is 6.28. The molecule has 2 heterocycles. The molecule has 22 heavy (non-hydrogen) atoms. The average Bonchev–Trinajstić information content (AvgIpc) is 3.17. The number of hydrogen-bond acceptors (Lipinski definition) is 6. The molecule has 0 spiro atoms. The molecule has 0 unspecified atom stereocenters. The molecule has 0 fully saturated rings. The number of nitrogens with zero attached hydrogens (tertiary/aromatic N) is 6. The first kappa shape index (κ1) is 13.4. The Morgan fingerprint density at radius 2 is 2.14 bits per heavy atom. The number of nitrogens with one attached hydrogen (secondary N) is 2. The summed E-state index contributed by atoms with van der Waals surface area (Å²) in [5.74, 6) is 0.354. The van der Waals surface area contributed by atoms with Crippen LogP contribution in [-0.4, -0.2) is 35.9 Å². The van der Waals surface area contributed by atoms with E-state index in [-0.39, 0.29) is 11.8 Å². The van der Waals surface area contributed by atoms with E-state index >= 15 is 0 Å². The summed E-state index contributed by atoms with van der Waals surface area (Å²) in [5, 5.41) is 21.8. The van der Waals surface area contributed by atoms with Gasteiger partial charge in [-0.25, -0.2) is 4.98 Å². The number of H-pyrrole nitrogens is 1. The fraction of sp³-hybridized carbons (Fsp3) is 0.0769. The average molecular weight is 294 g/mol. The summed E-state index contributed by atoms with van der Waals surface area (Å²) >= 11 is 0. The monoisotopic (exact) mass is 294 g/mol. The van der Waals surface area contributed by atoms with Crippen molar-refractivity contribution >= 4 is 11.9 Å². The molecular formula is C13H10N8O. The Balaban J connectivity index is 1.92. The van der Waals surface area contributed by atoms with Gasteiger partial charge in [-0.3, -0.25) is 15.2 Å². The molecule has 0 bridgehead atoms. The molecule has 0 aliphatic rings. The molecule has 2 aromatic heterocycles. The number of amides is 1. The molecule has 9 nitrogen and oxygen atoms in total. The van der Waals surface area contributed by atoms with Crippen LogP contribution in [-0.2, 0) is 0 Å². The van der Waals surface area contributed by atoms with Crippen LogP contribution >= 0.6 is 0 Å². The molecule has 0 aliphatic heterocycles. The molecule has 108 valence electrons. The van der Waals surface area contributed by atoms with Gasteiger partial charge in [-0.05, 0) is 31.2 Å². The lowest BCUT2D eigenvalue weighted by Crippen LogP contribution is -2.17. The van der Waals surface area contributed by atoms with Crippen molar-refractivity contribution in [2.45, 2.75) is 6.92 Å². The summed E-state index contributed by atoms with van der Waals surface area (Å²) in [4.78, 5) is 19.9. The highest BCUT2D eigenvalue weighted by atomic mass is 16.2. The van der Waals surface area contributed by atoms with Crippen molar-refractivity contribution in [2.24, 2.45) is 0 Å². The van der Waals surface area contributed by atoms with Gasteiger partial charge in [0.05, 0.1) is 17.3 Å². The highest BCUT2D eigenvalue weighted by Crippen LogP contribution is 2.15. The lowest BCUT2D eigenvalue weighted by Gasteiger charge is -2.06. The zero-order chi connectivity index (χ0) is 15.5. The van der Waals surface area contributed by atoms with Gasteiger partial charge in [0.1, 0.15) is 12.2 Å². The van der Waals surface area contributed by atoms with Gasteiger partial charge in [0, 0.05) is 0 Å². The molecule has 0 atom stereocenters. The smallest absolute Gasteiger partial charge is 0.288 e. The largest absolute Gasteiger partial charge is 0.295 e. The van der Waals surface area contributed by atoms with Crippen LogP contribution in [0, 0.1) is 18.3 Å². The van der Waals surface area contributed by atoms with Crippen LogP contribution in [0.5, 0.6) is 0 Å². The first-order chi connectivity index (χ1) is 10.7. The van der Waals surface area contributed by atoms with Crippen molar-refractivity contribution in [3.63, 3.8) is 0 Å². The topological polar surface area (TPSA) is 125 Å². The van der Waals surface area contributed by atoms with Crippen molar-refractivity contribution in [3.05, 3.63) is 47.8 Å². The van der Waals surface area contributed by atoms with E-state index in [0.717, 1.165) is 0 Å². The third kappa shape index (κ3) is 2.53. The van der Waals surface area contributed by atoms with Crippen LogP contribution in [0.4, 0.5) is 5.95 Å². The van der Waals surface area contributed by atoms with Crippen molar-refractivity contribution in [3.8, 4) is 11.8 Å². The SMILES string of the molecule is Cc1nc(NC(=O)c2ncn[nH]2)n(-c2ccc(C#N)cc2)n1. The molecule has 3 aromatic rings. The zero-order valence-electron chi connectivity index (χ0n) is 11.5. The Morgan fingerprint density at radius 1 is 1.36 bits per heavy atom. The number of hydrogen-bond donors (Lipinski definition) is 2. The van der Waals surface area contributed by atoms with Crippen LogP contribution < -0.4 is 5.32 Å². The molecule has 9 heteroatoms. The van der Waals surface area contributed by atoms with Crippen LogP contribution in [0.25, 0.3) is 5.69 Å². The number of rotatable bonds is 3. The van der Waals surface area contributed by atoms with Crippen LogP contribution in [0.15, 0.2) is 30.6 Å². The second-order valence-electron chi connectivity index (χ2n) is 4.34. The molecule has 1 aromatic carbocycles. The van der Waals surface area contributed by atoms with E-state index in [9.17, 15) is 4.79 Å². The lowest BCUT2D eigenvalue weighted by molar-refractivity contribution is 0.101. The number of aryl methyl sites for hydroxylation is 1. The quantitative estimate of drug-likeness (QED) is 0.736. The van der Waals surface area contributed by atoms with Gasteiger partial charge < -0.3 is 0 Å². The fourth-order valence-corrected chi connectivity index (χ4v) is 1.83. The van der Waals surface area contributed by atoms with Crippen molar-refractivity contribution in [2.75, 3.05) is 5.32 Å². The number of nitriles is 1. The standard InChI is InChI=1S/C13H10N8O/c1-8-17-13(18-12(22)11-15-7-16-19-11)21(20-8)10-4-2-9(6-14)3-5-10/h2-5,7H,1H3,(H,15,16,19)(H,17,18,20,22). The van der Waals surface area contributed by atoms with Crippen LogP contribution in [0.2, 0.25) is 0 Å². The summed E-state index contributed by atoms with van der Waals surface area (Å²) in [7, 11) is 0. The first-order valence-corrected chi connectivity index (χ1v) is 6.28. The van der Waals surface area contributed by atoms with Crippen LogP contribution in [0.1, 0.15) is 22.0 Å². The maximum Gasteiger partial charge on any atom is 0.295 e. The molecule has 2 N–H and O–H groups in total. The summed E-state index contributed by atoms with van der Waals surface area (Å²) < 4.78 is 1.48. The number of anilines is 1. The number of benzene rings is 1. The minimum atomic E-state index is -0.472. The predicted octanol–water partition coefficient (Wildman–Crippen LogP) is 0.818. The minimum absolute atomic E-state index is 0.0760. The maximum atomic E-state index is 12.0.